The Hall–Kier alpha value is -2.32. The van der Waals surface area contributed by atoms with Crippen molar-refractivity contribution < 1.29 is 32.7 Å². The van der Waals surface area contributed by atoms with E-state index in [2.05, 4.69) is 5.16 Å². The second kappa shape index (κ2) is 6.43. The molecule has 1 heterocycles. The van der Waals surface area contributed by atoms with Gasteiger partial charge in [0.25, 0.3) is 0 Å². The smallest absolute Gasteiger partial charge is 0.416 e. The highest BCUT2D eigenvalue weighted by atomic mass is 19.4. The van der Waals surface area contributed by atoms with Gasteiger partial charge in [-0.3, -0.25) is 0 Å². The van der Waals surface area contributed by atoms with E-state index in [1.165, 1.54) is 0 Å². The molecule has 1 aromatic rings. The van der Waals surface area contributed by atoms with Crippen molar-refractivity contribution >= 4 is 11.8 Å². The summed E-state index contributed by atoms with van der Waals surface area (Å²) in [6.45, 7) is 0.277. The van der Waals surface area contributed by atoms with E-state index in [0.29, 0.717) is 18.2 Å². The molecule has 2 rings (SSSR count). The molecule has 23 heavy (non-hydrogen) atoms. The Balaban J connectivity index is 2.27. The van der Waals surface area contributed by atoms with Crippen molar-refractivity contribution in [1.29, 1.82) is 0 Å². The first-order chi connectivity index (χ1) is 10.7. The van der Waals surface area contributed by atoms with Crippen molar-refractivity contribution in [3.05, 3.63) is 35.1 Å². The fraction of sp³-hybridized carbons (Fsp3) is 0.429. The normalized spacial score (nSPS) is 17.4. The quantitative estimate of drug-likeness (QED) is 0.377. The van der Waals surface area contributed by atoms with Gasteiger partial charge in [-0.2, -0.15) is 13.2 Å². The van der Waals surface area contributed by atoms with Crippen molar-refractivity contribution in [2.24, 2.45) is 11.1 Å². The molecule has 1 amide bonds. The lowest BCUT2D eigenvalue weighted by molar-refractivity contribution is -0.137. The largest absolute Gasteiger partial charge is 0.465 e. The summed E-state index contributed by atoms with van der Waals surface area (Å²) in [5.41, 5.74) is -1.66. The van der Waals surface area contributed by atoms with Gasteiger partial charge >= 0.3 is 12.3 Å². The summed E-state index contributed by atoms with van der Waals surface area (Å²) in [4.78, 5) is 12.0. The first kappa shape index (κ1) is 17.0. The minimum Gasteiger partial charge on any atom is -0.465 e. The summed E-state index contributed by atoms with van der Waals surface area (Å²) in [7, 11) is 0. The number of hydrogen-bond donors (Lipinski definition) is 2. The standard InChI is InChI=1S/C14H14F4N2O3/c15-11-2-1-9(14(16,17)18)7-10(11)12(19-23)8-3-5-20(6-4-8)13(21)22/h1-2,7-8,23H,3-6H2,(H,21,22)/b19-12+. The van der Waals surface area contributed by atoms with Gasteiger partial charge in [0.1, 0.15) is 5.82 Å². The van der Waals surface area contributed by atoms with Gasteiger partial charge in [0, 0.05) is 24.6 Å². The Morgan fingerprint density at radius 3 is 2.35 bits per heavy atom. The maximum Gasteiger partial charge on any atom is 0.416 e. The number of halogens is 4. The molecule has 126 valence electrons. The third-order valence-corrected chi connectivity index (χ3v) is 3.83. The number of piperidine rings is 1. The van der Waals surface area contributed by atoms with Crippen LogP contribution in [0.2, 0.25) is 0 Å². The van der Waals surface area contributed by atoms with Gasteiger partial charge < -0.3 is 15.2 Å². The van der Waals surface area contributed by atoms with Crippen molar-refractivity contribution in [1.82, 2.24) is 4.90 Å². The number of nitrogens with zero attached hydrogens (tertiary/aromatic N) is 2. The lowest BCUT2D eigenvalue weighted by Crippen LogP contribution is -2.39. The Morgan fingerprint density at radius 2 is 1.87 bits per heavy atom. The van der Waals surface area contributed by atoms with Crippen LogP contribution in [-0.2, 0) is 6.18 Å². The highest BCUT2D eigenvalue weighted by Gasteiger charge is 2.33. The highest BCUT2D eigenvalue weighted by Crippen LogP contribution is 2.32. The van der Waals surface area contributed by atoms with E-state index < -0.39 is 35.1 Å². The molecule has 0 atom stereocenters. The number of likely N-dealkylation sites (tertiary alicyclic amines) is 1. The van der Waals surface area contributed by atoms with Gasteiger partial charge in [0.2, 0.25) is 0 Å². The highest BCUT2D eigenvalue weighted by molar-refractivity contribution is 6.02. The predicted octanol–water partition coefficient (Wildman–Crippen LogP) is 3.41. The predicted molar refractivity (Wildman–Crippen MR) is 72.0 cm³/mol. The first-order valence-corrected chi connectivity index (χ1v) is 6.81. The van der Waals surface area contributed by atoms with Crippen molar-refractivity contribution in [2.75, 3.05) is 13.1 Å². The summed E-state index contributed by atoms with van der Waals surface area (Å²) in [5.74, 6) is -1.44. The van der Waals surface area contributed by atoms with E-state index in [9.17, 15) is 22.4 Å². The second-order valence-corrected chi connectivity index (χ2v) is 5.22. The van der Waals surface area contributed by atoms with Crippen LogP contribution in [-0.4, -0.2) is 40.1 Å². The summed E-state index contributed by atoms with van der Waals surface area (Å²) < 4.78 is 52.1. The first-order valence-electron chi connectivity index (χ1n) is 6.81. The summed E-state index contributed by atoms with van der Waals surface area (Å²) >= 11 is 0. The van der Waals surface area contributed by atoms with Crippen LogP contribution in [0.3, 0.4) is 0 Å². The molecular weight excluding hydrogens is 320 g/mol. The third-order valence-electron chi connectivity index (χ3n) is 3.83. The number of alkyl halides is 3. The minimum absolute atomic E-state index is 0.138. The zero-order valence-electron chi connectivity index (χ0n) is 11.8. The Morgan fingerprint density at radius 1 is 1.26 bits per heavy atom. The molecule has 0 saturated carbocycles. The van der Waals surface area contributed by atoms with E-state index in [-0.39, 0.29) is 31.6 Å². The molecule has 5 nitrogen and oxygen atoms in total. The molecule has 0 bridgehead atoms. The Bertz CT molecular complexity index is 623. The van der Waals surface area contributed by atoms with E-state index in [1.54, 1.807) is 0 Å². The molecule has 0 radical (unpaired) electrons. The number of hydrogen-bond acceptors (Lipinski definition) is 3. The summed E-state index contributed by atoms with van der Waals surface area (Å²) in [6, 6.07) is 1.89. The topological polar surface area (TPSA) is 73.1 Å². The molecule has 1 saturated heterocycles. The lowest BCUT2D eigenvalue weighted by Gasteiger charge is -2.30. The van der Waals surface area contributed by atoms with Gasteiger partial charge in [0.15, 0.2) is 0 Å². The number of amides is 1. The van der Waals surface area contributed by atoms with Crippen LogP contribution in [0.25, 0.3) is 0 Å². The number of carbonyl (C=O) groups is 1. The monoisotopic (exact) mass is 334 g/mol. The summed E-state index contributed by atoms with van der Waals surface area (Å²) in [5, 5.41) is 21.0. The molecule has 0 spiro atoms. The van der Waals surface area contributed by atoms with Crippen LogP contribution in [0.15, 0.2) is 23.4 Å². The van der Waals surface area contributed by atoms with Crippen LogP contribution >= 0.6 is 0 Å². The van der Waals surface area contributed by atoms with Crippen LogP contribution in [0.5, 0.6) is 0 Å². The van der Waals surface area contributed by atoms with Crippen molar-refractivity contribution in [3.8, 4) is 0 Å². The zero-order valence-corrected chi connectivity index (χ0v) is 11.8. The minimum atomic E-state index is -4.64. The fourth-order valence-corrected chi connectivity index (χ4v) is 2.60. The van der Waals surface area contributed by atoms with E-state index in [1.807, 2.05) is 0 Å². The van der Waals surface area contributed by atoms with Gasteiger partial charge in [-0.1, -0.05) is 5.16 Å². The molecule has 1 fully saturated rings. The van der Waals surface area contributed by atoms with E-state index >= 15 is 0 Å². The Labute approximate surface area is 128 Å². The number of rotatable bonds is 2. The zero-order chi connectivity index (χ0) is 17.2. The molecule has 1 aromatic carbocycles. The van der Waals surface area contributed by atoms with Crippen LogP contribution < -0.4 is 0 Å². The molecule has 0 aliphatic carbocycles. The average Bonchev–Trinajstić information content (AvgIpc) is 2.49. The lowest BCUT2D eigenvalue weighted by atomic mass is 9.87. The molecule has 1 aliphatic rings. The van der Waals surface area contributed by atoms with Gasteiger partial charge in [-0.25, -0.2) is 9.18 Å². The van der Waals surface area contributed by atoms with Crippen LogP contribution in [0.4, 0.5) is 22.4 Å². The number of carboxylic acid groups (broad SMARTS) is 1. The molecule has 1 aliphatic heterocycles. The third kappa shape index (κ3) is 3.72. The van der Waals surface area contributed by atoms with Crippen LogP contribution in [0.1, 0.15) is 24.0 Å². The van der Waals surface area contributed by atoms with E-state index in [0.717, 1.165) is 4.90 Å². The fourth-order valence-electron chi connectivity index (χ4n) is 2.60. The SMILES string of the molecule is O=C(O)N1CCC(/C(=N\O)c2cc(C(F)(F)F)ccc2F)CC1. The van der Waals surface area contributed by atoms with Crippen LogP contribution in [0, 0.1) is 11.7 Å². The molecule has 0 aromatic heterocycles. The second-order valence-electron chi connectivity index (χ2n) is 5.22. The maximum absolute atomic E-state index is 13.9. The average molecular weight is 334 g/mol. The van der Waals surface area contributed by atoms with Gasteiger partial charge in [-0.15, -0.1) is 0 Å². The maximum atomic E-state index is 13.9. The van der Waals surface area contributed by atoms with Crippen molar-refractivity contribution in [3.63, 3.8) is 0 Å². The number of oxime groups is 1. The molecule has 9 heteroatoms. The van der Waals surface area contributed by atoms with Crippen molar-refractivity contribution in [2.45, 2.75) is 19.0 Å². The Kier molecular flexibility index (Phi) is 4.76. The molecule has 0 unspecified atom stereocenters. The summed E-state index contributed by atoms with van der Waals surface area (Å²) in [6.07, 6.45) is -5.27. The van der Waals surface area contributed by atoms with Gasteiger partial charge in [-0.05, 0) is 31.0 Å². The molecule has 2 N–H and O–H groups in total. The number of benzene rings is 1. The van der Waals surface area contributed by atoms with E-state index in [4.69, 9.17) is 10.3 Å². The van der Waals surface area contributed by atoms with Gasteiger partial charge in [0.05, 0.1) is 11.3 Å². The molecular formula is C14H14F4N2O3.